The van der Waals surface area contributed by atoms with Crippen LogP contribution < -0.4 is 0 Å². The number of allylic oxidation sites excluding steroid dienone is 2. The van der Waals surface area contributed by atoms with Gasteiger partial charge in [0.25, 0.3) is 0 Å². The predicted octanol–water partition coefficient (Wildman–Crippen LogP) is 3.78. The Labute approximate surface area is 101 Å². The van der Waals surface area contributed by atoms with Crippen molar-refractivity contribution < 1.29 is 4.74 Å². The summed E-state index contributed by atoms with van der Waals surface area (Å²) >= 11 is 3.58. The van der Waals surface area contributed by atoms with E-state index < -0.39 is 0 Å². The van der Waals surface area contributed by atoms with E-state index in [1.807, 2.05) is 0 Å². The third-order valence-electron chi connectivity index (χ3n) is 3.90. The first-order valence-electron chi connectivity index (χ1n) is 6.04. The zero-order valence-electron chi connectivity index (χ0n) is 9.55. The molecular weight excluding hydrogens is 252 g/mol. The minimum atomic E-state index is 0.508. The number of ether oxygens (including phenoxy) is 1. The van der Waals surface area contributed by atoms with Crippen LogP contribution in [0.5, 0.6) is 0 Å². The van der Waals surface area contributed by atoms with E-state index in [0.29, 0.717) is 5.41 Å². The molecule has 1 fully saturated rings. The van der Waals surface area contributed by atoms with E-state index in [4.69, 9.17) is 4.74 Å². The van der Waals surface area contributed by atoms with E-state index in [9.17, 15) is 0 Å². The highest BCUT2D eigenvalue weighted by molar-refractivity contribution is 9.09. The molecule has 1 nitrogen and oxygen atoms in total. The number of rotatable bonds is 5. The largest absolute Gasteiger partial charge is 0.381 e. The van der Waals surface area contributed by atoms with Gasteiger partial charge in [0.05, 0.1) is 6.61 Å². The predicted molar refractivity (Wildman–Crippen MR) is 67.3 cm³/mol. The zero-order chi connectivity index (χ0) is 10.7. The molecule has 15 heavy (non-hydrogen) atoms. The van der Waals surface area contributed by atoms with Gasteiger partial charge in [0.15, 0.2) is 0 Å². The van der Waals surface area contributed by atoms with Crippen molar-refractivity contribution in [1.29, 1.82) is 0 Å². The van der Waals surface area contributed by atoms with Crippen LogP contribution in [0.15, 0.2) is 12.2 Å². The summed E-state index contributed by atoms with van der Waals surface area (Å²) in [5, 5.41) is 1.11. The van der Waals surface area contributed by atoms with Crippen molar-refractivity contribution in [2.45, 2.75) is 32.6 Å². The SMILES string of the molecule is CC1CC=CCC1COCC1(CBr)CC1. The molecule has 0 radical (unpaired) electrons. The van der Waals surface area contributed by atoms with Crippen molar-refractivity contribution in [2.24, 2.45) is 17.3 Å². The lowest BCUT2D eigenvalue weighted by Crippen LogP contribution is -2.22. The van der Waals surface area contributed by atoms with Crippen molar-refractivity contribution in [2.75, 3.05) is 18.5 Å². The summed E-state index contributed by atoms with van der Waals surface area (Å²) in [6, 6.07) is 0. The highest BCUT2D eigenvalue weighted by Gasteiger charge is 2.41. The maximum atomic E-state index is 5.90. The summed E-state index contributed by atoms with van der Waals surface area (Å²) in [5.74, 6) is 1.55. The standard InChI is InChI=1S/C13H21BrO/c1-11-4-2-3-5-12(11)8-15-10-13(9-14)6-7-13/h2-3,11-12H,4-10H2,1H3. The highest BCUT2D eigenvalue weighted by Crippen LogP contribution is 2.47. The molecule has 0 aromatic rings. The third kappa shape index (κ3) is 3.07. The molecule has 2 rings (SSSR count). The Hall–Kier alpha value is 0.180. The maximum absolute atomic E-state index is 5.90. The lowest BCUT2D eigenvalue weighted by Gasteiger charge is -2.25. The highest BCUT2D eigenvalue weighted by atomic mass is 79.9. The molecule has 0 saturated heterocycles. The molecule has 2 unspecified atom stereocenters. The fourth-order valence-electron chi connectivity index (χ4n) is 2.16. The second-order valence-corrected chi connectivity index (χ2v) is 5.89. The minimum Gasteiger partial charge on any atom is -0.381 e. The molecular formula is C13H21BrO. The van der Waals surface area contributed by atoms with Crippen molar-refractivity contribution in [1.82, 2.24) is 0 Å². The van der Waals surface area contributed by atoms with E-state index in [0.717, 1.165) is 30.4 Å². The first-order valence-corrected chi connectivity index (χ1v) is 7.17. The molecule has 0 aromatic heterocycles. The second kappa shape index (κ2) is 5.01. The summed E-state index contributed by atoms with van der Waals surface area (Å²) in [5.41, 5.74) is 0.508. The normalized spacial score (nSPS) is 32.9. The number of hydrogen-bond acceptors (Lipinski definition) is 1. The van der Waals surface area contributed by atoms with Gasteiger partial charge in [-0.25, -0.2) is 0 Å². The van der Waals surface area contributed by atoms with Crippen molar-refractivity contribution in [3.8, 4) is 0 Å². The molecule has 0 N–H and O–H groups in total. The Morgan fingerprint density at radius 2 is 2.07 bits per heavy atom. The van der Waals surface area contributed by atoms with E-state index in [1.165, 1.54) is 25.7 Å². The molecule has 0 heterocycles. The van der Waals surface area contributed by atoms with Crippen LogP contribution in [-0.2, 0) is 4.74 Å². The van der Waals surface area contributed by atoms with Gasteiger partial charge in [-0.3, -0.25) is 0 Å². The van der Waals surface area contributed by atoms with Gasteiger partial charge in [-0.1, -0.05) is 35.0 Å². The Balaban J connectivity index is 1.67. The number of alkyl halides is 1. The molecule has 2 atom stereocenters. The smallest absolute Gasteiger partial charge is 0.0530 e. The molecule has 2 heteroatoms. The Morgan fingerprint density at radius 3 is 2.67 bits per heavy atom. The van der Waals surface area contributed by atoms with Gasteiger partial charge in [0.2, 0.25) is 0 Å². The van der Waals surface area contributed by atoms with Crippen LogP contribution in [0.4, 0.5) is 0 Å². The molecule has 0 aromatic carbocycles. The van der Waals surface area contributed by atoms with Crippen molar-refractivity contribution in [3.63, 3.8) is 0 Å². The Bertz CT molecular complexity index is 233. The van der Waals surface area contributed by atoms with Crippen LogP contribution in [-0.4, -0.2) is 18.5 Å². The summed E-state index contributed by atoms with van der Waals surface area (Å²) in [7, 11) is 0. The molecule has 86 valence electrons. The third-order valence-corrected chi connectivity index (χ3v) is 5.09. The fourth-order valence-corrected chi connectivity index (χ4v) is 2.88. The summed E-state index contributed by atoms with van der Waals surface area (Å²) in [6.45, 7) is 4.26. The summed E-state index contributed by atoms with van der Waals surface area (Å²) in [4.78, 5) is 0. The van der Waals surface area contributed by atoms with Crippen LogP contribution in [0.1, 0.15) is 32.6 Å². The Morgan fingerprint density at radius 1 is 1.33 bits per heavy atom. The Kier molecular flexibility index (Phi) is 3.89. The molecule has 0 bridgehead atoms. The minimum absolute atomic E-state index is 0.508. The first kappa shape index (κ1) is 11.7. The number of hydrogen-bond donors (Lipinski definition) is 0. The zero-order valence-corrected chi connectivity index (χ0v) is 11.1. The van der Waals surface area contributed by atoms with Crippen molar-refractivity contribution in [3.05, 3.63) is 12.2 Å². The molecule has 1 saturated carbocycles. The molecule has 0 spiro atoms. The van der Waals surface area contributed by atoms with Crippen LogP contribution >= 0.6 is 15.9 Å². The van der Waals surface area contributed by atoms with Gasteiger partial charge < -0.3 is 4.74 Å². The lowest BCUT2D eigenvalue weighted by atomic mass is 9.85. The second-order valence-electron chi connectivity index (χ2n) is 5.33. The summed E-state index contributed by atoms with van der Waals surface area (Å²) < 4.78 is 5.90. The van der Waals surface area contributed by atoms with Gasteiger partial charge in [0, 0.05) is 17.4 Å². The molecule has 2 aliphatic carbocycles. The molecule has 2 aliphatic rings. The van der Waals surface area contributed by atoms with Gasteiger partial charge in [-0.05, 0) is 37.5 Å². The van der Waals surface area contributed by atoms with Gasteiger partial charge in [-0.2, -0.15) is 0 Å². The van der Waals surface area contributed by atoms with Crippen LogP contribution in [0.25, 0.3) is 0 Å². The van der Waals surface area contributed by atoms with Crippen molar-refractivity contribution >= 4 is 15.9 Å². The molecule has 0 amide bonds. The lowest BCUT2D eigenvalue weighted by molar-refractivity contribution is 0.0541. The number of halogens is 1. The van der Waals surface area contributed by atoms with Crippen LogP contribution in [0, 0.1) is 17.3 Å². The van der Waals surface area contributed by atoms with Gasteiger partial charge in [0.1, 0.15) is 0 Å². The quantitative estimate of drug-likeness (QED) is 0.547. The topological polar surface area (TPSA) is 9.23 Å². The summed E-state index contributed by atoms with van der Waals surface area (Å²) in [6.07, 6.45) is 9.75. The average molecular weight is 273 g/mol. The monoisotopic (exact) mass is 272 g/mol. The van der Waals surface area contributed by atoms with E-state index in [1.54, 1.807) is 0 Å². The fraction of sp³-hybridized carbons (Fsp3) is 0.846. The maximum Gasteiger partial charge on any atom is 0.0530 e. The van der Waals surface area contributed by atoms with Gasteiger partial charge in [-0.15, -0.1) is 0 Å². The first-order chi connectivity index (χ1) is 7.26. The van der Waals surface area contributed by atoms with Crippen LogP contribution in [0.2, 0.25) is 0 Å². The van der Waals surface area contributed by atoms with E-state index in [2.05, 4.69) is 35.0 Å². The van der Waals surface area contributed by atoms with E-state index in [-0.39, 0.29) is 0 Å². The van der Waals surface area contributed by atoms with E-state index >= 15 is 0 Å². The van der Waals surface area contributed by atoms with Crippen LogP contribution in [0.3, 0.4) is 0 Å². The molecule has 0 aliphatic heterocycles. The average Bonchev–Trinajstić information content (AvgIpc) is 3.02. The van der Waals surface area contributed by atoms with Gasteiger partial charge >= 0.3 is 0 Å².